The molecule has 1 aromatic carbocycles. The summed E-state index contributed by atoms with van der Waals surface area (Å²) < 4.78 is 7.26. The maximum Gasteiger partial charge on any atom is 0.190 e. The van der Waals surface area contributed by atoms with Gasteiger partial charge in [-0.05, 0) is 41.5 Å². The first kappa shape index (κ1) is 12.1. The average Bonchev–Trinajstić information content (AvgIpc) is 2.79. The number of tetrazole rings is 1. The second-order valence-corrected chi connectivity index (χ2v) is 3.94. The van der Waals surface area contributed by atoms with Gasteiger partial charge in [0, 0.05) is 0 Å². The predicted molar refractivity (Wildman–Crippen MR) is 66.9 cm³/mol. The Hall–Kier alpha value is -2.35. The number of benzene rings is 1. The fourth-order valence-corrected chi connectivity index (χ4v) is 1.56. The molecular weight excluding hydrogens is 228 g/mol. The fourth-order valence-electron chi connectivity index (χ4n) is 1.56. The molecule has 0 radical (unpaired) electrons. The summed E-state index contributed by atoms with van der Waals surface area (Å²) in [5.74, 6) is 3.95. The summed E-state index contributed by atoms with van der Waals surface area (Å²) in [6.07, 6.45) is 5.23. The van der Waals surface area contributed by atoms with Crippen molar-refractivity contribution in [2.75, 3.05) is 0 Å². The third-order valence-electron chi connectivity index (χ3n) is 2.76. The van der Waals surface area contributed by atoms with Gasteiger partial charge in [-0.25, -0.2) is 4.68 Å². The van der Waals surface area contributed by atoms with Crippen LogP contribution in [-0.2, 0) is 13.2 Å². The largest absolute Gasteiger partial charge is 0.485 e. The van der Waals surface area contributed by atoms with Gasteiger partial charge in [0.15, 0.2) is 5.82 Å². The van der Waals surface area contributed by atoms with Crippen LogP contribution in [-0.4, -0.2) is 20.2 Å². The highest BCUT2D eigenvalue weighted by Crippen LogP contribution is 2.21. The molecule has 0 unspecified atom stereocenters. The predicted octanol–water partition coefficient (Wildman–Crippen LogP) is 1.50. The van der Waals surface area contributed by atoms with Crippen LogP contribution >= 0.6 is 0 Å². The smallest absolute Gasteiger partial charge is 0.190 e. The number of hydrogen-bond donors (Lipinski definition) is 0. The zero-order valence-corrected chi connectivity index (χ0v) is 10.4. The van der Waals surface area contributed by atoms with Crippen LogP contribution in [0, 0.1) is 26.2 Å². The van der Waals surface area contributed by atoms with Crippen molar-refractivity contribution in [1.82, 2.24) is 20.2 Å². The molecule has 0 aliphatic rings. The summed E-state index contributed by atoms with van der Waals surface area (Å²) in [7, 11) is 0. The third-order valence-corrected chi connectivity index (χ3v) is 2.76. The molecule has 18 heavy (non-hydrogen) atoms. The lowest BCUT2D eigenvalue weighted by molar-refractivity contribution is 0.286. The van der Waals surface area contributed by atoms with E-state index in [1.807, 2.05) is 32.0 Å². The standard InChI is InChI=1S/C13H14N4O/c1-4-8-17-13(14-15-16-17)9-18-12-7-5-6-10(2)11(12)3/h1,5-7H,8-9H2,2-3H3. The summed E-state index contributed by atoms with van der Waals surface area (Å²) >= 11 is 0. The Morgan fingerprint density at radius 2 is 2.22 bits per heavy atom. The number of rotatable bonds is 4. The van der Waals surface area contributed by atoms with Crippen LogP contribution in [0.5, 0.6) is 5.75 Å². The lowest BCUT2D eigenvalue weighted by atomic mass is 10.1. The van der Waals surface area contributed by atoms with Gasteiger partial charge in [-0.3, -0.25) is 0 Å². The second kappa shape index (κ2) is 5.32. The quantitative estimate of drug-likeness (QED) is 0.762. The van der Waals surface area contributed by atoms with E-state index in [2.05, 4.69) is 21.4 Å². The number of hydrogen-bond acceptors (Lipinski definition) is 4. The van der Waals surface area contributed by atoms with E-state index in [1.54, 1.807) is 4.68 Å². The minimum Gasteiger partial charge on any atom is -0.485 e. The van der Waals surface area contributed by atoms with E-state index in [0.29, 0.717) is 19.0 Å². The Morgan fingerprint density at radius 3 is 3.00 bits per heavy atom. The molecule has 5 nitrogen and oxygen atoms in total. The number of aromatic nitrogens is 4. The number of ether oxygens (including phenoxy) is 1. The first-order valence-electron chi connectivity index (χ1n) is 5.60. The second-order valence-electron chi connectivity index (χ2n) is 3.94. The Labute approximate surface area is 106 Å². The van der Waals surface area contributed by atoms with Gasteiger partial charge in [0.05, 0.1) is 0 Å². The molecule has 0 aliphatic heterocycles. The normalized spacial score (nSPS) is 10.1. The number of nitrogens with zero attached hydrogens (tertiary/aromatic N) is 4. The van der Waals surface area contributed by atoms with Gasteiger partial charge >= 0.3 is 0 Å². The molecule has 0 bridgehead atoms. The minimum atomic E-state index is 0.305. The molecule has 5 heteroatoms. The fraction of sp³-hybridized carbons (Fsp3) is 0.308. The Kier molecular flexibility index (Phi) is 3.58. The minimum absolute atomic E-state index is 0.305. The lowest BCUT2D eigenvalue weighted by Crippen LogP contribution is -2.08. The molecule has 0 fully saturated rings. The van der Waals surface area contributed by atoms with Crippen LogP contribution in [0.1, 0.15) is 17.0 Å². The van der Waals surface area contributed by atoms with Crippen LogP contribution in [0.25, 0.3) is 0 Å². The van der Waals surface area contributed by atoms with Gasteiger partial charge in [0.2, 0.25) is 0 Å². The Morgan fingerprint density at radius 1 is 1.39 bits per heavy atom. The van der Waals surface area contributed by atoms with E-state index in [9.17, 15) is 0 Å². The molecule has 2 rings (SSSR count). The van der Waals surface area contributed by atoms with E-state index in [1.165, 1.54) is 5.56 Å². The van der Waals surface area contributed by atoms with Crippen LogP contribution in [0.2, 0.25) is 0 Å². The van der Waals surface area contributed by atoms with E-state index in [0.717, 1.165) is 11.3 Å². The topological polar surface area (TPSA) is 52.8 Å². The highest BCUT2D eigenvalue weighted by atomic mass is 16.5. The summed E-state index contributed by atoms with van der Waals surface area (Å²) in [4.78, 5) is 0. The highest BCUT2D eigenvalue weighted by molar-refractivity contribution is 5.38. The lowest BCUT2D eigenvalue weighted by Gasteiger charge is -2.10. The first-order chi connectivity index (χ1) is 8.72. The van der Waals surface area contributed by atoms with E-state index in [4.69, 9.17) is 11.2 Å². The summed E-state index contributed by atoms with van der Waals surface area (Å²) in [6.45, 7) is 4.72. The summed E-state index contributed by atoms with van der Waals surface area (Å²) in [6, 6.07) is 5.93. The van der Waals surface area contributed by atoms with Crippen molar-refractivity contribution in [3.8, 4) is 18.1 Å². The number of terminal acetylenes is 1. The molecule has 0 saturated carbocycles. The van der Waals surface area contributed by atoms with Crippen molar-refractivity contribution >= 4 is 0 Å². The van der Waals surface area contributed by atoms with Crippen LogP contribution in [0.15, 0.2) is 18.2 Å². The average molecular weight is 242 g/mol. The highest BCUT2D eigenvalue weighted by Gasteiger charge is 2.07. The van der Waals surface area contributed by atoms with Gasteiger partial charge in [-0.15, -0.1) is 11.5 Å². The molecule has 0 aliphatic carbocycles. The number of aryl methyl sites for hydroxylation is 1. The third kappa shape index (κ3) is 2.48. The summed E-state index contributed by atoms with van der Waals surface area (Å²) in [5, 5.41) is 11.3. The molecule has 2 aromatic rings. The maximum atomic E-state index is 5.72. The molecule has 1 heterocycles. The Bertz CT molecular complexity index is 583. The monoisotopic (exact) mass is 242 g/mol. The maximum absolute atomic E-state index is 5.72. The summed E-state index contributed by atoms with van der Waals surface area (Å²) in [5.41, 5.74) is 2.31. The van der Waals surface area contributed by atoms with Gasteiger partial charge in [-0.2, -0.15) is 0 Å². The van der Waals surface area contributed by atoms with Crippen LogP contribution in [0.4, 0.5) is 0 Å². The molecule has 0 atom stereocenters. The van der Waals surface area contributed by atoms with Crippen LogP contribution < -0.4 is 4.74 Å². The van der Waals surface area contributed by atoms with E-state index < -0.39 is 0 Å². The van der Waals surface area contributed by atoms with Gasteiger partial charge in [0.1, 0.15) is 18.9 Å². The van der Waals surface area contributed by atoms with Crippen molar-refractivity contribution < 1.29 is 4.74 Å². The van der Waals surface area contributed by atoms with Crippen molar-refractivity contribution in [2.45, 2.75) is 27.0 Å². The molecular formula is C13H14N4O. The molecule has 92 valence electrons. The Balaban J connectivity index is 2.10. The van der Waals surface area contributed by atoms with Crippen molar-refractivity contribution in [1.29, 1.82) is 0 Å². The van der Waals surface area contributed by atoms with Gasteiger partial charge in [0.25, 0.3) is 0 Å². The zero-order valence-electron chi connectivity index (χ0n) is 10.4. The molecule has 0 saturated heterocycles. The molecule has 1 aromatic heterocycles. The van der Waals surface area contributed by atoms with Crippen molar-refractivity contribution in [3.63, 3.8) is 0 Å². The van der Waals surface area contributed by atoms with E-state index in [-0.39, 0.29) is 0 Å². The van der Waals surface area contributed by atoms with E-state index >= 15 is 0 Å². The first-order valence-corrected chi connectivity index (χ1v) is 5.60. The van der Waals surface area contributed by atoms with Crippen molar-refractivity contribution in [2.24, 2.45) is 0 Å². The molecule has 0 amide bonds. The SMILES string of the molecule is C#CCn1nnnc1COc1cccc(C)c1C. The van der Waals surface area contributed by atoms with Crippen molar-refractivity contribution in [3.05, 3.63) is 35.2 Å². The van der Waals surface area contributed by atoms with Gasteiger partial charge < -0.3 is 4.74 Å². The molecule has 0 spiro atoms. The molecule has 0 N–H and O–H groups in total. The zero-order chi connectivity index (χ0) is 13.0. The van der Waals surface area contributed by atoms with Crippen LogP contribution in [0.3, 0.4) is 0 Å². The van der Waals surface area contributed by atoms with Gasteiger partial charge in [-0.1, -0.05) is 18.1 Å².